The topological polar surface area (TPSA) is 115 Å². The number of rotatable bonds is 5. The van der Waals surface area contributed by atoms with Gasteiger partial charge < -0.3 is 14.8 Å². The fourth-order valence-corrected chi connectivity index (χ4v) is 3.36. The number of fused-ring (bicyclic) bond motifs is 1. The zero-order chi connectivity index (χ0) is 21.1. The molecule has 1 aliphatic heterocycles. The van der Waals surface area contributed by atoms with Crippen LogP contribution in [0.3, 0.4) is 0 Å². The van der Waals surface area contributed by atoms with Crippen molar-refractivity contribution >= 4 is 11.9 Å². The predicted octanol–water partition coefficient (Wildman–Crippen LogP) is 2.59. The molecule has 0 radical (unpaired) electrons. The van der Waals surface area contributed by atoms with Crippen molar-refractivity contribution in [3.05, 3.63) is 76.5 Å². The first kappa shape index (κ1) is 19.1. The van der Waals surface area contributed by atoms with Crippen LogP contribution in [0.4, 0.5) is 5.95 Å². The Hall–Kier alpha value is -4.19. The van der Waals surface area contributed by atoms with Gasteiger partial charge >= 0.3 is 5.97 Å². The number of anilines is 1. The number of esters is 1. The van der Waals surface area contributed by atoms with Crippen LogP contribution in [0.1, 0.15) is 29.7 Å². The molecule has 9 heteroatoms. The third kappa shape index (κ3) is 3.46. The van der Waals surface area contributed by atoms with E-state index in [4.69, 9.17) is 9.47 Å². The first-order chi connectivity index (χ1) is 14.6. The van der Waals surface area contributed by atoms with Crippen LogP contribution in [-0.2, 0) is 16.1 Å². The summed E-state index contributed by atoms with van der Waals surface area (Å²) in [5, 5.41) is 24.4. The highest BCUT2D eigenvalue weighted by atomic mass is 16.5. The van der Waals surface area contributed by atoms with Gasteiger partial charge in [-0.2, -0.15) is 9.94 Å². The van der Waals surface area contributed by atoms with Crippen LogP contribution in [0.5, 0.6) is 5.75 Å². The molecule has 0 fully saturated rings. The summed E-state index contributed by atoms with van der Waals surface area (Å²) in [6, 6.07) is 15.9. The lowest BCUT2D eigenvalue weighted by atomic mass is 9.92. The summed E-state index contributed by atoms with van der Waals surface area (Å²) >= 11 is 0. The van der Waals surface area contributed by atoms with E-state index in [9.17, 15) is 10.1 Å². The van der Waals surface area contributed by atoms with Crippen LogP contribution in [0.25, 0.3) is 0 Å². The second-order valence-electron chi connectivity index (χ2n) is 6.64. The number of carbonyl (C=O) groups excluding carboxylic acids is 1. The highest BCUT2D eigenvalue weighted by Crippen LogP contribution is 2.37. The molecule has 150 valence electrons. The normalized spacial score (nSPS) is 15.0. The Morgan fingerprint density at radius 2 is 2.07 bits per heavy atom. The second-order valence-corrected chi connectivity index (χ2v) is 6.64. The molecule has 1 unspecified atom stereocenters. The number of hydrogen-bond donors (Lipinski definition) is 1. The number of ether oxygens (including phenoxy) is 2. The van der Waals surface area contributed by atoms with Crippen molar-refractivity contribution in [1.29, 1.82) is 5.26 Å². The number of carbonyl (C=O) groups is 1. The maximum absolute atomic E-state index is 13.1. The Labute approximate surface area is 172 Å². The van der Waals surface area contributed by atoms with Gasteiger partial charge in [0, 0.05) is 5.70 Å². The minimum Gasteiger partial charge on any atom is -0.497 e. The smallest absolute Gasteiger partial charge is 0.338 e. The van der Waals surface area contributed by atoms with Crippen LogP contribution < -0.4 is 10.1 Å². The maximum Gasteiger partial charge on any atom is 0.338 e. The van der Waals surface area contributed by atoms with Gasteiger partial charge in [0.05, 0.1) is 24.3 Å². The lowest BCUT2D eigenvalue weighted by Crippen LogP contribution is -2.30. The van der Waals surface area contributed by atoms with Gasteiger partial charge in [-0.15, -0.1) is 0 Å². The van der Waals surface area contributed by atoms with E-state index in [0.717, 1.165) is 5.56 Å². The van der Waals surface area contributed by atoms with E-state index in [1.54, 1.807) is 25.1 Å². The van der Waals surface area contributed by atoms with Gasteiger partial charge in [0.25, 0.3) is 0 Å². The molecular formula is C21H18N6O3. The summed E-state index contributed by atoms with van der Waals surface area (Å²) in [5.74, 6) is 0.390. The molecule has 3 aromatic rings. The van der Waals surface area contributed by atoms with Crippen LogP contribution in [0, 0.1) is 11.3 Å². The molecule has 0 amide bonds. The molecule has 0 bridgehead atoms. The lowest BCUT2D eigenvalue weighted by molar-refractivity contribution is -0.140. The van der Waals surface area contributed by atoms with Gasteiger partial charge in [0.15, 0.2) is 0 Å². The number of hydrogen-bond acceptors (Lipinski definition) is 8. The third-order valence-electron chi connectivity index (χ3n) is 4.82. The van der Waals surface area contributed by atoms with Gasteiger partial charge in [-0.05, 0) is 40.6 Å². The average Bonchev–Trinajstić information content (AvgIpc) is 3.24. The van der Waals surface area contributed by atoms with E-state index in [2.05, 4.69) is 26.9 Å². The number of nitrogens with zero attached hydrogens (tertiary/aromatic N) is 5. The van der Waals surface area contributed by atoms with Crippen molar-refractivity contribution in [3.8, 4) is 11.8 Å². The van der Waals surface area contributed by atoms with Gasteiger partial charge in [-0.1, -0.05) is 41.5 Å². The average molecular weight is 402 g/mol. The summed E-state index contributed by atoms with van der Waals surface area (Å²) < 4.78 is 12.3. The first-order valence-corrected chi connectivity index (χ1v) is 9.17. The third-order valence-corrected chi connectivity index (χ3v) is 4.82. The largest absolute Gasteiger partial charge is 0.497 e. The lowest BCUT2D eigenvalue weighted by Gasteiger charge is -2.28. The Morgan fingerprint density at radius 1 is 1.27 bits per heavy atom. The molecule has 30 heavy (non-hydrogen) atoms. The fraction of sp³-hybridized carbons (Fsp3) is 0.190. The minimum atomic E-state index is -0.722. The van der Waals surface area contributed by atoms with Gasteiger partial charge in [0.1, 0.15) is 18.4 Å². The van der Waals surface area contributed by atoms with Crippen molar-refractivity contribution in [3.63, 3.8) is 0 Å². The molecule has 0 spiro atoms. The van der Waals surface area contributed by atoms with E-state index in [1.165, 1.54) is 11.8 Å². The fourth-order valence-electron chi connectivity index (χ4n) is 3.36. The molecule has 0 aliphatic carbocycles. The first-order valence-electron chi connectivity index (χ1n) is 9.17. The Balaban J connectivity index is 1.74. The van der Waals surface area contributed by atoms with E-state index < -0.39 is 12.0 Å². The molecule has 1 aliphatic rings. The highest BCUT2D eigenvalue weighted by molar-refractivity contribution is 5.92. The molecule has 1 atom stereocenters. The summed E-state index contributed by atoms with van der Waals surface area (Å²) in [6.45, 7) is 1.87. The van der Waals surface area contributed by atoms with Crippen LogP contribution in [-0.4, -0.2) is 33.3 Å². The summed E-state index contributed by atoms with van der Waals surface area (Å²) in [5.41, 5.74) is 2.67. The van der Waals surface area contributed by atoms with E-state index >= 15 is 0 Å². The van der Waals surface area contributed by atoms with Crippen LogP contribution in [0.15, 0.2) is 59.8 Å². The number of allylic oxidation sites excluding steroid dienone is 1. The minimum absolute atomic E-state index is 0.124. The van der Waals surface area contributed by atoms with Crippen molar-refractivity contribution in [2.24, 2.45) is 0 Å². The molecular weight excluding hydrogens is 384 g/mol. The maximum atomic E-state index is 13.1. The highest BCUT2D eigenvalue weighted by Gasteiger charge is 2.36. The van der Waals surface area contributed by atoms with E-state index in [1.807, 2.05) is 30.3 Å². The molecule has 1 aromatic heterocycles. The predicted molar refractivity (Wildman–Crippen MR) is 106 cm³/mol. The SMILES string of the molecule is COc1ccc(C2C(C(=O)OCc3ccccc3)=C(C)Nc3nnnn32)c(C#N)c1. The van der Waals surface area contributed by atoms with Crippen LogP contribution >= 0.6 is 0 Å². The second kappa shape index (κ2) is 8.05. The number of tetrazole rings is 1. The molecule has 1 N–H and O–H groups in total. The van der Waals surface area contributed by atoms with Gasteiger partial charge in [-0.25, -0.2) is 4.79 Å². The standard InChI is InChI=1S/C21H18N6O3/c1-13-18(20(28)30-12-14-6-4-3-5-7-14)19(27-21(23-13)24-25-26-27)17-9-8-16(29-2)10-15(17)11-22/h3-10,19H,12H2,1-2H3,(H,23,24,26). The molecule has 0 saturated carbocycles. The number of benzene rings is 2. The van der Waals surface area contributed by atoms with Crippen molar-refractivity contribution in [1.82, 2.24) is 20.2 Å². The van der Waals surface area contributed by atoms with Crippen molar-refractivity contribution < 1.29 is 14.3 Å². The number of aromatic nitrogens is 4. The van der Waals surface area contributed by atoms with E-state index in [0.29, 0.717) is 34.1 Å². The molecule has 2 heterocycles. The van der Waals surface area contributed by atoms with Crippen molar-refractivity contribution in [2.45, 2.75) is 19.6 Å². The Kier molecular flexibility index (Phi) is 5.13. The van der Waals surface area contributed by atoms with Crippen LogP contribution in [0.2, 0.25) is 0 Å². The Bertz CT molecular complexity index is 1160. The molecule has 9 nitrogen and oxygen atoms in total. The monoisotopic (exact) mass is 402 g/mol. The molecule has 0 saturated heterocycles. The zero-order valence-corrected chi connectivity index (χ0v) is 16.4. The summed E-state index contributed by atoms with van der Waals surface area (Å²) in [4.78, 5) is 13.1. The molecule has 4 rings (SSSR count). The quantitative estimate of drug-likeness (QED) is 0.648. The number of nitrogens with one attached hydrogen (secondary N) is 1. The Morgan fingerprint density at radius 3 is 2.80 bits per heavy atom. The van der Waals surface area contributed by atoms with E-state index in [-0.39, 0.29) is 6.61 Å². The van der Waals surface area contributed by atoms with Crippen molar-refractivity contribution in [2.75, 3.05) is 12.4 Å². The van der Waals surface area contributed by atoms with Gasteiger partial charge in [-0.3, -0.25) is 0 Å². The summed E-state index contributed by atoms with van der Waals surface area (Å²) in [6.07, 6.45) is 0. The number of methoxy groups -OCH3 is 1. The molecule has 2 aromatic carbocycles. The number of nitriles is 1. The zero-order valence-electron chi connectivity index (χ0n) is 16.4. The van der Waals surface area contributed by atoms with Gasteiger partial charge in [0.2, 0.25) is 5.95 Å². The summed E-state index contributed by atoms with van der Waals surface area (Å²) in [7, 11) is 1.52.